The van der Waals surface area contributed by atoms with Gasteiger partial charge in [-0.15, -0.1) is 0 Å². The van der Waals surface area contributed by atoms with Crippen LogP contribution < -0.4 is 0 Å². The van der Waals surface area contributed by atoms with E-state index in [9.17, 15) is 9.59 Å². The van der Waals surface area contributed by atoms with E-state index in [0.717, 1.165) is 11.8 Å². The van der Waals surface area contributed by atoms with Crippen LogP contribution >= 0.6 is 11.8 Å². The number of hydrogen-bond donors (Lipinski definition) is 0. The quantitative estimate of drug-likeness (QED) is 0.574. The molecule has 0 bridgehead atoms. The molecule has 0 unspecified atom stereocenters. The average molecular weight is 160 g/mol. The fraction of sp³-hybridized carbons (Fsp3) is 0.714. The lowest BCUT2D eigenvalue weighted by molar-refractivity contribution is -0.132. The zero-order valence-electron chi connectivity index (χ0n) is 6.72. The van der Waals surface area contributed by atoms with Gasteiger partial charge in [-0.05, 0) is 27.0 Å². The van der Waals surface area contributed by atoms with Gasteiger partial charge in [0.2, 0.25) is 5.12 Å². The van der Waals surface area contributed by atoms with Gasteiger partial charge in [-0.1, -0.05) is 11.8 Å². The highest BCUT2D eigenvalue weighted by atomic mass is 32.2. The molecule has 0 aromatic heterocycles. The molecule has 0 aromatic rings. The summed E-state index contributed by atoms with van der Waals surface area (Å²) in [6, 6.07) is 0. The Morgan fingerprint density at radius 2 is 1.70 bits per heavy atom. The Kier molecular flexibility index (Phi) is 3.09. The van der Waals surface area contributed by atoms with Crippen LogP contribution in [0.3, 0.4) is 0 Å². The standard InChI is InChI=1S/C7H12O2S/c1-5(8)7(2,3)6(9)10-4/h1-4H3. The van der Waals surface area contributed by atoms with Gasteiger partial charge in [0.25, 0.3) is 0 Å². The van der Waals surface area contributed by atoms with Crippen molar-refractivity contribution in [3.63, 3.8) is 0 Å². The van der Waals surface area contributed by atoms with Gasteiger partial charge in [0.15, 0.2) is 0 Å². The summed E-state index contributed by atoms with van der Waals surface area (Å²) in [6.07, 6.45) is 1.69. The topological polar surface area (TPSA) is 34.1 Å². The summed E-state index contributed by atoms with van der Waals surface area (Å²) in [5.41, 5.74) is -0.806. The van der Waals surface area contributed by atoms with Crippen LogP contribution in [0.1, 0.15) is 20.8 Å². The number of rotatable bonds is 2. The van der Waals surface area contributed by atoms with Crippen LogP contribution in [0.25, 0.3) is 0 Å². The lowest BCUT2D eigenvalue weighted by Crippen LogP contribution is -2.29. The van der Waals surface area contributed by atoms with Crippen molar-refractivity contribution < 1.29 is 9.59 Å². The van der Waals surface area contributed by atoms with Crippen LogP contribution in [-0.4, -0.2) is 17.2 Å². The van der Waals surface area contributed by atoms with Gasteiger partial charge in [0, 0.05) is 0 Å². The van der Waals surface area contributed by atoms with Crippen molar-refractivity contribution in [2.75, 3.05) is 6.26 Å². The third-order valence-corrected chi connectivity index (χ3v) is 2.46. The molecule has 0 aliphatic carbocycles. The van der Waals surface area contributed by atoms with Crippen LogP contribution in [0.2, 0.25) is 0 Å². The number of ketones is 1. The lowest BCUT2D eigenvalue weighted by atomic mass is 9.91. The van der Waals surface area contributed by atoms with E-state index in [1.165, 1.54) is 6.92 Å². The molecule has 58 valence electrons. The smallest absolute Gasteiger partial charge is 0.201 e. The van der Waals surface area contributed by atoms with Gasteiger partial charge in [0.05, 0.1) is 5.41 Å². The van der Waals surface area contributed by atoms with Crippen LogP contribution in [0.15, 0.2) is 0 Å². The van der Waals surface area contributed by atoms with E-state index in [1.807, 2.05) is 0 Å². The largest absolute Gasteiger partial charge is 0.299 e. The highest BCUT2D eigenvalue weighted by molar-refractivity contribution is 8.13. The maximum absolute atomic E-state index is 11.0. The first kappa shape index (κ1) is 9.69. The predicted molar refractivity (Wildman–Crippen MR) is 43.0 cm³/mol. The van der Waals surface area contributed by atoms with Crippen molar-refractivity contribution >= 4 is 22.7 Å². The van der Waals surface area contributed by atoms with Crippen LogP contribution in [0.5, 0.6) is 0 Å². The van der Waals surface area contributed by atoms with Crippen molar-refractivity contribution in [3.8, 4) is 0 Å². The van der Waals surface area contributed by atoms with E-state index in [-0.39, 0.29) is 10.9 Å². The Bertz CT molecular complexity index is 161. The van der Waals surface area contributed by atoms with Gasteiger partial charge in [-0.25, -0.2) is 0 Å². The van der Waals surface area contributed by atoms with Crippen LogP contribution in [-0.2, 0) is 9.59 Å². The van der Waals surface area contributed by atoms with Crippen molar-refractivity contribution in [2.24, 2.45) is 5.41 Å². The molecule has 0 fully saturated rings. The summed E-state index contributed by atoms with van der Waals surface area (Å²) in [6.45, 7) is 4.73. The molecular formula is C7H12O2S. The van der Waals surface area contributed by atoms with Gasteiger partial charge in [0.1, 0.15) is 5.78 Å². The predicted octanol–water partition coefficient (Wildman–Crippen LogP) is 1.49. The van der Waals surface area contributed by atoms with Crippen molar-refractivity contribution in [2.45, 2.75) is 20.8 Å². The zero-order valence-corrected chi connectivity index (χ0v) is 7.54. The van der Waals surface area contributed by atoms with E-state index < -0.39 is 5.41 Å². The van der Waals surface area contributed by atoms with E-state index in [1.54, 1.807) is 20.1 Å². The first-order valence-corrected chi connectivity index (χ1v) is 4.25. The minimum absolute atomic E-state index is 0.0694. The Hall–Kier alpha value is -0.310. The van der Waals surface area contributed by atoms with E-state index in [0.29, 0.717) is 0 Å². The fourth-order valence-electron chi connectivity index (χ4n) is 0.399. The number of hydrogen-bond acceptors (Lipinski definition) is 3. The third kappa shape index (κ3) is 1.84. The molecule has 10 heavy (non-hydrogen) atoms. The molecule has 0 aromatic carbocycles. The molecular weight excluding hydrogens is 148 g/mol. The van der Waals surface area contributed by atoms with Crippen molar-refractivity contribution in [1.82, 2.24) is 0 Å². The number of carbonyl (C=O) groups is 2. The Morgan fingerprint density at radius 3 is 1.80 bits per heavy atom. The average Bonchev–Trinajstić information content (AvgIpc) is 1.86. The minimum Gasteiger partial charge on any atom is -0.299 e. The molecule has 0 spiro atoms. The van der Waals surface area contributed by atoms with Crippen molar-refractivity contribution in [3.05, 3.63) is 0 Å². The second-order valence-corrected chi connectivity index (χ2v) is 3.45. The number of Topliss-reactive ketones (excluding diaryl/α,β-unsaturated/α-hetero) is 1. The molecule has 0 amide bonds. The molecule has 0 atom stereocenters. The summed E-state index contributed by atoms with van der Waals surface area (Å²) in [5.74, 6) is -0.0770. The molecule has 0 aliphatic heterocycles. The normalized spacial score (nSPS) is 11.2. The molecule has 3 heteroatoms. The van der Waals surface area contributed by atoms with E-state index in [2.05, 4.69) is 0 Å². The Morgan fingerprint density at radius 1 is 1.30 bits per heavy atom. The summed E-state index contributed by atoms with van der Waals surface area (Å²) in [4.78, 5) is 21.8. The zero-order chi connectivity index (χ0) is 8.36. The minimum atomic E-state index is -0.806. The first-order valence-electron chi connectivity index (χ1n) is 3.02. The summed E-state index contributed by atoms with van der Waals surface area (Å²) >= 11 is 1.10. The van der Waals surface area contributed by atoms with Gasteiger partial charge >= 0.3 is 0 Å². The fourth-order valence-corrected chi connectivity index (χ4v) is 1.05. The molecule has 0 heterocycles. The maximum Gasteiger partial charge on any atom is 0.201 e. The molecule has 0 rings (SSSR count). The molecule has 0 radical (unpaired) electrons. The molecule has 0 N–H and O–H groups in total. The van der Waals surface area contributed by atoms with Crippen LogP contribution in [0.4, 0.5) is 0 Å². The van der Waals surface area contributed by atoms with E-state index in [4.69, 9.17) is 0 Å². The number of thioether (sulfide) groups is 1. The molecule has 2 nitrogen and oxygen atoms in total. The Labute approximate surface area is 65.4 Å². The highest BCUT2D eigenvalue weighted by Gasteiger charge is 2.31. The molecule has 0 saturated carbocycles. The second kappa shape index (κ2) is 3.19. The molecule has 0 saturated heterocycles. The van der Waals surface area contributed by atoms with Crippen molar-refractivity contribution in [1.29, 1.82) is 0 Å². The summed E-state index contributed by atoms with van der Waals surface area (Å²) in [5, 5.41) is -0.0694. The molecule has 0 aliphatic rings. The third-order valence-electron chi connectivity index (χ3n) is 1.58. The second-order valence-electron chi connectivity index (χ2n) is 2.67. The van der Waals surface area contributed by atoms with Crippen LogP contribution in [0, 0.1) is 5.41 Å². The summed E-state index contributed by atoms with van der Waals surface area (Å²) in [7, 11) is 0. The summed E-state index contributed by atoms with van der Waals surface area (Å²) < 4.78 is 0. The highest BCUT2D eigenvalue weighted by Crippen LogP contribution is 2.22. The van der Waals surface area contributed by atoms with Gasteiger partial charge in [-0.2, -0.15) is 0 Å². The monoisotopic (exact) mass is 160 g/mol. The van der Waals surface area contributed by atoms with Gasteiger partial charge < -0.3 is 0 Å². The first-order chi connectivity index (χ1) is 4.42. The van der Waals surface area contributed by atoms with Gasteiger partial charge in [-0.3, -0.25) is 9.59 Å². The number of carbonyl (C=O) groups excluding carboxylic acids is 2. The maximum atomic E-state index is 11.0. The SMILES string of the molecule is CSC(=O)C(C)(C)C(C)=O. The Balaban J connectivity index is 4.40. The van der Waals surface area contributed by atoms with E-state index >= 15 is 0 Å². The lowest BCUT2D eigenvalue weighted by Gasteiger charge is -2.16.